The Morgan fingerprint density at radius 2 is 2.21 bits per heavy atom. The number of nitrogens with one attached hydrogen (secondary N) is 1. The molecule has 0 saturated carbocycles. The molecule has 126 valence electrons. The summed E-state index contributed by atoms with van der Waals surface area (Å²) in [6, 6.07) is 12.2. The van der Waals surface area contributed by atoms with Gasteiger partial charge in [-0.2, -0.15) is 0 Å². The smallest absolute Gasteiger partial charge is 0.318 e. The third-order valence-electron chi connectivity index (χ3n) is 4.38. The molecule has 1 atom stereocenters. The van der Waals surface area contributed by atoms with E-state index in [4.69, 9.17) is 4.74 Å². The second-order valence-corrected chi connectivity index (χ2v) is 6.02. The average molecular weight is 325 g/mol. The highest BCUT2D eigenvalue weighted by Crippen LogP contribution is 2.30. The van der Waals surface area contributed by atoms with E-state index in [1.807, 2.05) is 18.2 Å². The normalized spacial score (nSPS) is 15.8. The van der Waals surface area contributed by atoms with Crippen molar-refractivity contribution in [2.75, 3.05) is 20.3 Å². The molecule has 24 heavy (non-hydrogen) atoms. The van der Waals surface area contributed by atoms with Gasteiger partial charge in [-0.25, -0.2) is 4.79 Å². The fourth-order valence-corrected chi connectivity index (χ4v) is 3.11. The topological polar surface area (TPSA) is 54.5 Å². The van der Waals surface area contributed by atoms with E-state index >= 15 is 0 Å². The number of hydrogen-bond donors (Lipinski definition) is 1. The maximum Gasteiger partial charge on any atom is 0.318 e. The fraction of sp³-hybridized carbons (Fsp3) is 0.368. The third-order valence-corrected chi connectivity index (χ3v) is 4.38. The number of rotatable bonds is 6. The number of aryl methyl sites for hydroxylation is 1. The maximum atomic E-state index is 12.8. The Bertz CT molecular complexity index is 675. The molecule has 1 aliphatic rings. The molecule has 0 saturated heterocycles. The number of urea groups is 1. The molecule has 0 aliphatic heterocycles. The minimum absolute atomic E-state index is 0.0578. The van der Waals surface area contributed by atoms with Crippen molar-refractivity contribution < 1.29 is 9.53 Å². The summed E-state index contributed by atoms with van der Waals surface area (Å²) < 4.78 is 5.15. The SMILES string of the molecule is COCCN(Cc1cccnc1)C(=O)N[C@@H]1CCc2ccccc21. The molecular formula is C19H23N3O2. The van der Waals surface area contributed by atoms with Gasteiger partial charge in [0.1, 0.15) is 0 Å². The first-order valence-electron chi connectivity index (χ1n) is 8.29. The molecule has 1 heterocycles. The van der Waals surface area contributed by atoms with Gasteiger partial charge in [0.25, 0.3) is 0 Å². The van der Waals surface area contributed by atoms with Gasteiger partial charge < -0.3 is 15.0 Å². The van der Waals surface area contributed by atoms with Crippen molar-refractivity contribution in [2.45, 2.75) is 25.4 Å². The lowest BCUT2D eigenvalue weighted by Crippen LogP contribution is -2.42. The van der Waals surface area contributed by atoms with Crippen molar-refractivity contribution in [3.8, 4) is 0 Å². The van der Waals surface area contributed by atoms with Crippen LogP contribution in [-0.4, -0.2) is 36.2 Å². The predicted molar refractivity (Wildman–Crippen MR) is 92.6 cm³/mol. The van der Waals surface area contributed by atoms with Crippen molar-refractivity contribution in [3.05, 3.63) is 65.5 Å². The number of amides is 2. The standard InChI is InChI=1S/C19H23N3O2/c1-24-12-11-22(14-15-5-4-10-20-13-15)19(23)21-18-9-8-16-6-2-3-7-17(16)18/h2-7,10,13,18H,8-9,11-12,14H2,1H3,(H,21,23)/t18-/m1/s1. The zero-order chi connectivity index (χ0) is 16.8. The van der Waals surface area contributed by atoms with Gasteiger partial charge >= 0.3 is 6.03 Å². The van der Waals surface area contributed by atoms with Gasteiger partial charge in [0.15, 0.2) is 0 Å². The van der Waals surface area contributed by atoms with Crippen LogP contribution in [0.5, 0.6) is 0 Å². The molecule has 3 rings (SSSR count). The molecule has 2 aromatic rings. The summed E-state index contributed by atoms with van der Waals surface area (Å²) in [6.45, 7) is 1.58. The largest absolute Gasteiger partial charge is 0.383 e. The maximum absolute atomic E-state index is 12.8. The summed E-state index contributed by atoms with van der Waals surface area (Å²) in [6.07, 6.45) is 5.49. The van der Waals surface area contributed by atoms with Crippen molar-refractivity contribution in [1.82, 2.24) is 15.2 Å². The van der Waals surface area contributed by atoms with Crippen LogP contribution in [0.2, 0.25) is 0 Å². The minimum Gasteiger partial charge on any atom is -0.383 e. The molecule has 0 radical (unpaired) electrons. The number of carbonyl (C=O) groups excluding carboxylic acids is 1. The van der Waals surface area contributed by atoms with Gasteiger partial charge in [-0.3, -0.25) is 4.98 Å². The lowest BCUT2D eigenvalue weighted by atomic mass is 10.1. The Morgan fingerprint density at radius 3 is 3.00 bits per heavy atom. The Balaban J connectivity index is 1.67. The first-order chi connectivity index (χ1) is 11.8. The molecule has 0 unspecified atom stereocenters. The molecule has 5 nitrogen and oxygen atoms in total. The number of aromatic nitrogens is 1. The average Bonchev–Trinajstić information content (AvgIpc) is 3.02. The Labute approximate surface area is 142 Å². The van der Waals surface area contributed by atoms with E-state index < -0.39 is 0 Å². The molecule has 1 aromatic carbocycles. The summed E-state index contributed by atoms with van der Waals surface area (Å²) in [4.78, 5) is 18.7. The van der Waals surface area contributed by atoms with Gasteiger partial charge in [0.05, 0.1) is 12.6 Å². The number of hydrogen-bond acceptors (Lipinski definition) is 3. The Hall–Kier alpha value is -2.40. The molecular weight excluding hydrogens is 302 g/mol. The summed E-state index contributed by atoms with van der Waals surface area (Å²) in [5, 5.41) is 3.18. The summed E-state index contributed by atoms with van der Waals surface area (Å²) in [7, 11) is 1.65. The number of carbonyl (C=O) groups is 1. The van der Waals surface area contributed by atoms with Crippen LogP contribution in [0.15, 0.2) is 48.8 Å². The van der Waals surface area contributed by atoms with Crippen LogP contribution in [0.4, 0.5) is 4.79 Å². The van der Waals surface area contributed by atoms with Gasteiger partial charge in [-0.15, -0.1) is 0 Å². The molecule has 5 heteroatoms. The number of ether oxygens (including phenoxy) is 1. The summed E-state index contributed by atoms with van der Waals surface area (Å²) in [5.74, 6) is 0. The van der Waals surface area contributed by atoms with Crippen molar-refractivity contribution >= 4 is 6.03 Å². The highest BCUT2D eigenvalue weighted by molar-refractivity contribution is 5.75. The van der Waals surface area contributed by atoms with E-state index in [0.717, 1.165) is 18.4 Å². The van der Waals surface area contributed by atoms with Crippen LogP contribution in [0.1, 0.15) is 29.2 Å². The third kappa shape index (κ3) is 3.92. The fourth-order valence-electron chi connectivity index (χ4n) is 3.11. The molecule has 0 fully saturated rings. The lowest BCUT2D eigenvalue weighted by Gasteiger charge is -2.25. The lowest BCUT2D eigenvalue weighted by molar-refractivity contribution is 0.144. The number of benzene rings is 1. The van der Waals surface area contributed by atoms with Crippen molar-refractivity contribution in [3.63, 3.8) is 0 Å². The quantitative estimate of drug-likeness (QED) is 0.888. The van der Waals surface area contributed by atoms with Gasteiger partial charge in [0, 0.05) is 32.6 Å². The van der Waals surface area contributed by atoms with Gasteiger partial charge in [-0.1, -0.05) is 30.3 Å². The number of fused-ring (bicyclic) bond motifs is 1. The zero-order valence-electron chi connectivity index (χ0n) is 13.9. The van der Waals surface area contributed by atoms with Gasteiger partial charge in [-0.05, 0) is 35.6 Å². The molecule has 1 aromatic heterocycles. The summed E-state index contributed by atoms with van der Waals surface area (Å²) >= 11 is 0. The van der Waals surface area contributed by atoms with Crippen LogP contribution >= 0.6 is 0 Å². The minimum atomic E-state index is -0.0578. The van der Waals surface area contributed by atoms with Gasteiger partial charge in [0.2, 0.25) is 0 Å². The van der Waals surface area contributed by atoms with Crippen molar-refractivity contribution in [1.29, 1.82) is 0 Å². The Kier molecular flexibility index (Phi) is 5.43. The molecule has 0 spiro atoms. The number of methoxy groups -OCH3 is 1. The zero-order valence-corrected chi connectivity index (χ0v) is 13.9. The number of nitrogens with zero attached hydrogens (tertiary/aromatic N) is 2. The second kappa shape index (κ2) is 7.93. The van der Waals surface area contributed by atoms with E-state index in [1.165, 1.54) is 11.1 Å². The van der Waals surface area contributed by atoms with Crippen LogP contribution in [0.3, 0.4) is 0 Å². The van der Waals surface area contributed by atoms with E-state index in [0.29, 0.717) is 19.7 Å². The van der Waals surface area contributed by atoms with Crippen molar-refractivity contribution in [2.24, 2.45) is 0 Å². The highest BCUT2D eigenvalue weighted by Gasteiger charge is 2.25. The predicted octanol–water partition coefficient (Wildman–Crippen LogP) is 2.93. The monoisotopic (exact) mass is 325 g/mol. The van der Waals surface area contributed by atoms with Crippen LogP contribution < -0.4 is 5.32 Å². The van der Waals surface area contributed by atoms with E-state index in [1.54, 1.807) is 24.4 Å². The second-order valence-electron chi connectivity index (χ2n) is 6.02. The van der Waals surface area contributed by atoms with E-state index in [9.17, 15) is 4.79 Å². The molecule has 1 N–H and O–H groups in total. The summed E-state index contributed by atoms with van der Waals surface area (Å²) in [5.41, 5.74) is 3.58. The van der Waals surface area contributed by atoms with Crippen LogP contribution in [-0.2, 0) is 17.7 Å². The first kappa shape index (κ1) is 16.5. The number of pyridine rings is 1. The van der Waals surface area contributed by atoms with E-state index in [-0.39, 0.29) is 12.1 Å². The highest BCUT2D eigenvalue weighted by atomic mass is 16.5. The van der Waals surface area contributed by atoms with Crippen LogP contribution in [0, 0.1) is 0 Å². The molecule has 0 bridgehead atoms. The molecule has 1 aliphatic carbocycles. The Morgan fingerprint density at radius 1 is 1.33 bits per heavy atom. The molecule has 2 amide bonds. The first-order valence-corrected chi connectivity index (χ1v) is 8.29. The van der Waals surface area contributed by atoms with Crippen LogP contribution in [0.25, 0.3) is 0 Å². The van der Waals surface area contributed by atoms with E-state index in [2.05, 4.69) is 28.5 Å².